The van der Waals surface area contributed by atoms with E-state index in [1.54, 1.807) is 17.9 Å². The normalized spacial score (nSPS) is 17.0. The Morgan fingerprint density at radius 3 is 2.96 bits per heavy atom. The minimum atomic E-state index is -0.0824. The number of likely N-dealkylation sites (tertiary alicyclic amines) is 1. The van der Waals surface area contributed by atoms with Crippen LogP contribution in [0.4, 0.5) is 0 Å². The maximum Gasteiger partial charge on any atom is 0.261 e. The Hall–Kier alpha value is -3.09. The van der Waals surface area contributed by atoms with Crippen molar-refractivity contribution in [2.75, 3.05) is 13.1 Å². The van der Waals surface area contributed by atoms with Crippen molar-refractivity contribution in [2.45, 2.75) is 19.4 Å². The lowest BCUT2D eigenvalue weighted by atomic mass is 10.2. The number of furan rings is 1. The van der Waals surface area contributed by atoms with E-state index in [0.29, 0.717) is 36.1 Å². The molecular weight excluding hydrogens is 322 g/mol. The summed E-state index contributed by atoms with van der Waals surface area (Å²) in [4.78, 5) is 18.4. The summed E-state index contributed by atoms with van der Waals surface area (Å²) >= 11 is 0. The number of carbonyl (C=O) groups excluding carboxylic acids is 1. The van der Waals surface area contributed by atoms with Crippen molar-refractivity contribution < 1.29 is 18.5 Å². The molecule has 1 aromatic carbocycles. The number of carbonyl (C=O) groups is 1. The second-order valence-electron chi connectivity index (χ2n) is 5.93. The fourth-order valence-electron chi connectivity index (χ4n) is 2.91. The molecule has 4 rings (SSSR count). The van der Waals surface area contributed by atoms with Gasteiger partial charge in [-0.15, -0.1) is 0 Å². The standard InChI is InChI=1S/C18H17N3O4/c1-12-19-17(25-20-12)15-4-2-3-5-16(15)24-14-6-8-21(10-14)18(22)13-7-9-23-11-13/h2-5,7,9,11,14H,6,8,10H2,1H3. The van der Waals surface area contributed by atoms with Crippen LogP contribution in [-0.2, 0) is 0 Å². The van der Waals surface area contributed by atoms with Gasteiger partial charge in [0.1, 0.15) is 18.1 Å². The Balaban J connectivity index is 1.48. The predicted octanol–water partition coefficient (Wildman–Crippen LogP) is 2.93. The number of aryl methyl sites for hydroxylation is 1. The molecule has 1 atom stereocenters. The Labute approximate surface area is 144 Å². The number of rotatable bonds is 4. The van der Waals surface area contributed by atoms with Crippen LogP contribution >= 0.6 is 0 Å². The summed E-state index contributed by atoms with van der Waals surface area (Å²) in [6.45, 7) is 2.95. The zero-order chi connectivity index (χ0) is 17.2. The van der Waals surface area contributed by atoms with Crippen molar-refractivity contribution in [1.29, 1.82) is 0 Å². The molecule has 1 aliphatic rings. The molecule has 7 heteroatoms. The fraction of sp³-hybridized carbons (Fsp3) is 0.278. The van der Waals surface area contributed by atoms with E-state index < -0.39 is 0 Å². The average Bonchev–Trinajstić information content (AvgIpc) is 3.36. The van der Waals surface area contributed by atoms with Crippen molar-refractivity contribution in [3.05, 3.63) is 54.2 Å². The average molecular weight is 339 g/mol. The molecule has 0 spiro atoms. The number of aromatic nitrogens is 2. The monoisotopic (exact) mass is 339 g/mol. The maximum absolute atomic E-state index is 12.4. The number of amides is 1. The van der Waals surface area contributed by atoms with Crippen molar-refractivity contribution in [3.63, 3.8) is 0 Å². The van der Waals surface area contributed by atoms with Crippen molar-refractivity contribution in [3.8, 4) is 17.2 Å². The molecule has 1 aliphatic heterocycles. The highest BCUT2D eigenvalue weighted by atomic mass is 16.5. The van der Waals surface area contributed by atoms with E-state index in [1.165, 1.54) is 12.5 Å². The summed E-state index contributed by atoms with van der Waals surface area (Å²) in [5, 5.41) is 3.83. The van der Waals surface area contributed by atoms with Gasteiger partial charge in [-0.1, -0.05) is 17.3 Å². The van der Waals surface area contributed by atoms with Gasteiger partial charge >= 0.3 is 0 Å². The van der Waals surface area contributed by atoms with E-state index in [9.17, 15) is 4.79 Å². The second-order valence-corrected chi connectivity index (χ2v) is 5.93. The van der Waals surface area contributed by atoms with Gasteiger partial charge in [-0.3, -0.25) is 4.79 Å². The molecule has 2 aromatic heterocycles. The first-order chi connectivity index (χ1) is 12.2. The lowest BCUT2D eigenvalue weighted by molar-refractivity contribution is 0.0772. The van der Waals surface area contributed by atoms with Gasteiger partial charge in [0.2, 0.25) is 0 Å². The van der Waals surface area contributed by atoms with Crippen LogP contribution in [-0.4, -0.2) is 40.1 Å². The number of benzene rings is 1. The first-order valence-electron chi connectivity index (χ1n) is 8.08. The minimum Gasteiger partial charge on any atom is -0.488 e. The third kappa shape index (κ3) is 3.13. The first-order valence-corrected chi connectivity index (χ1v) is 8.08. The number of hydrogen-bond donors (Lipinski definition) is 0. The molecule has 128 valence electrons. The van der Waals surface area contributed by atoms with Crippen molar-refractivity contribution in [1.82, 2.24) is 15.0 Å². The van der Waals surface area contributed by atoms with Gasteiger partial charge in [0, 0.05) is 13.0 Å². The Morgan fingerprint density at radius 2 is 2.20 bits per heavy atom. The SMILES string of the molecule is Cc1noc(-c2ccccc2OC2CCN(C(=O)c3ccoc3)C2)n1. The van der Waals surface area contributed by atoms with Gasteiger partial charge in [-0.2, -0.15) is 4.98 Å². The smallest absolute Gasteiger partial charge is 0.261 e. The Morgan fingerprint density at radius 1 is 1.32 bits per heavy atom. The van der Waals surface area contributed by atoms with E-state index >= 15 is 0 Å². The van der Waals surface area contributed by atoms with Crippen molar-refractivity contribution in [2.24, 2.45) is 0 Å². The quantitative estimate of drug-likeness (QED) is 0.727. The molecule has 1 amide bonds. The predicted molar refractivity (Wildman–Crippen MR) is 88.1 cm³/mol. The minimum absolute atomic E-state index is 0.0411. The third-order valence-corrected chi connectivity index (χ3v) is 4.14. The van der Waals surface area contributed by atoms with Gasteiger partial charge in [0.25, 0.3) is 11.8 Å². The lowest BCUT2D eigenvalue weighted by Gasteiger charge is -2.17. The van der Waals surface area contributed by atoms with Crippen LogP contribution in [0.5, 0.6) is 5.75 Å². The first kappa shape index (κ1) is 15.4. The molecule has 0 radical (unpaired) electrons. The van der Waals surface area contributed by atoms with Crippen LogP contribution in [0.2, 0.25) is 0 Å². The van der Waals surface area contributed by atoms with E-state index in [2.05, 4.69) is 10.1 Å². The van der Waals surface area contributed by atoms with E-state index in [4.69, 9.17) is 13.7 Å². The highest BCUT2D eigenvalue weighted by molar-refractivity contribution is 5.94. The highest BCUT2D eigenvalue weighted by Crippen LogP contribution is 2.30. The largest absolute Gasteiger partial charge is 0.488 e. The van der Waals surface area contributed by atoms with Gasteiger partial charge < -0.3 is 18.6 Å². The zero-order valence-electron chi connectivity index (χ0n) is 13.7. The Bertz CT molecular complexity index is 872. The molecule has 0 saturated carbocycles. The van der Waals surface area contributed by atoms with Crippen LogP contribution in [0.15, 0.2) is 51.8 Å². The van der Waals surface area contributed by atoms with Crippen LogP contribution in [0.25, 0.3) is 11.5 Å². The summed E-state index contributed by atoms with van der Waals surface area (Å²) in [5.41, 5.74) is 1.31. The molecule has 0 aliphatic carbocycles. The van der Waals surface area contributed by atoms with E-state index in [-0.39, 0.29) is 12.0 Å². The van der Waals surface area contributed by atoms with Crippen LogP contribution in [0, 0.1) is 6.92 Å². The summed E-state index contributed by atoms with van der Waals surface area (Å²) in [6, 6.07) is 9.21. The lowest BCUT2D eigenvalue weighted by Crippen LogP contribution is -2.30. The van der Waals surface area contributed by atoms with Gasteiger partial charge in [-0.25, -0.2) is 0 Å². The highest BCUT2D eigenvalue weighted by Gasteiger charge is 2.29. The maximum atomic E-state index is 12.4. The topological polar surface area (TPSA) is 81.6 Å². The van der Waals surface area contributed by atoms with Crippen LogP contribution < -0.4 is 4.74 Å². The molecule has 1 saturated heterocycles. The van der Waals surface area contributed by atoms with Crippen LogP contribution in [0.3, 0.4) is 0 Å². The molecule has 0 N–H and O–H groups in total. The fourth-order valence-corrected chi connectivity index (χ4v) is 2.91. The van der Waals surface area contributed by atoms with E-state index in [0.717, 1.165) is 12.0 Å². The summed E-state index contributed by atoms with van der Waals surface area (Å²) < 4.78 is 16.4. The molecule has 0 bridgehead atoms. The number of hydrogen-bond acceptors (Lipinski definition) is 6. The molecule has 7 nitrogen and oxygen atoms in total. The van der Waals surface area contributed by atoms with Gasteiger partial charge in [-0.05, 0) is 25.1 Å². The number of para-hydroxylation sites is 1. The molecule has 25 heavy (non-hydrogen) atoms. The summed E-state index contributed by atoms with van der Waals surface area (Å²) in [5.74, 6) is 1.63. The molecule has 3 heterocycles. The van der Waals surface area contributed by atoms with Gasteiger partial charge in [0.05, 0.1) is 23.9 Å². The number of ether oxygens (including phenoxy) is 1. The number of nitrogens with zero attached hydrogens (tertiary/aromatic N) is 3. The second kappa shape index (κ2) is 6.43. The van der Waals surface area contributed by atoms with E-state index in [1.807, 2.05) is 24.3 Å². The summed E-state index contributed by atoms with van der Waals surface area (Å²) in [7, 11) is 0. The Kier molecular flexibility index (Phi) is 3.97. The summed E-state index contributed by atoms with van der Waals surface area (Å²) in [6.07, 6.45) is 3.64. The third-order valence-electron chi connectivity index (χ3n) is 4.14. The zero-order valence-corrected chi connectivity index (χ0v) is 13.7. The molecule has 1 fully saturated rings. The molecule has 3 aromatic rings. The molecular formula is C18H17N3O4. The van der Waals surface area contributed by atoms with Crippen molar-refractivity contribution >= 4 is 5.91 Å². The molecule has 1 unspecified atom stereocenters. The van der Waals surface area contributed by atoms with Gasteiger partial charge in [0.15, 0.2) is 5.82 Å². The van der Waals surface area contributed by atoms with Crippen LogP contribution in [0.1, 0.15) is 22.6 Å².